The Labute approximate surface area is 212 Å². The highest BCUT2D eigenvalue weighted by molar-refractivity contribution is 6.30. The molecule has 9 nitrogen and oxygen atoms in total. The van der Waals surface area contributed by atoms with Crippen LogP contribution < -0.4 is 10.1 Å². The van der Waals surface area contributed by atoms with Gasteiger partial charge in [0.25, 0.3) is 5.91 Å². The zero-order valence-corrected chi connectivity index (χ0v) is 20.8. The number of hydrogen-bond acceptors (Lipinski definition) is 6. The van der Waals surface area contributed by atoms with Gasteiger partial charge < -0.3 is 19.9 Å². The number of nitrogens with zero attached hydrogens (tertiary/aromatic N) is 3. The molecule has 0 unspecified atom stereocenters. The highest BCUT2D eigenvalue weighted by Gasteiger charge is 2.47. The van der Waals surface area contributed by atoms with Gasteiger partial charge in [-0.1, -0.05) is 25.4 Å². The largest absolute Gasteiger partial charge is 0.479 e. The molecule has 0 spiro atoms. The lowest BCUT2D eigenvalue weighted by Crippen LogP contribution is -2.56. The van der Waals surface area contributed by atoms with Crippen molar-refractivity contribution in [3.8, 4) is 5.75 Å². The molecule has 2 N–H and O–H groups in total. The minimum atomic E-state index is -3.08. The molecule has 3 heterocycles. The lowest BCUT2D eigenvalue weighted by atomic mass is 9.84. The Bertz CT molecular complexity index is 1100. The number of carbonyl (C=O) groups excluding carboxylic acids is 1. The fourth-order valence-electron chi connectivity index (χ4n) is 4.97. The number of carbonyl (C=O) groups is 2. The number of aliphatic carboxylic acids is 1. The van der Waals surface area contributed by atoms with Crippen LogP contribution in [0.5, 0.6) is 5.75 Å². The topological polar surface area (TPSA) is 106 Å². The first-order valence-corrected chi connectivity index (χ1v) is 12.2. The number of anilines is 1. The molecular formula is C24H29ClF2N4O5. The van der Waals surface area contributed by atoms with E-state index in [1.165, 1.54) is 18.2 Å². The number of piperidine rings is 1. The first-order valence-electron chi connectivity index (χ1n) is 11.8. The van der Waals surface area contributed by atoms with Crippen LogP contribution >= 0.6 is 11.6 Å². The number of benzene rings is 1. The minimum Gasteiger partial charge on any atom is -0.479 e. The second-order valence-electron chi connectivity index (χ2n) is 9.41. The third kappa shape index (κ3) is 5.33. The first-order chi connectivity index (χ1) is 17.1. The minimum absolute atomic E-state index is 0.0586. The average molecular weight is 527 g/mol. The summed E-state index contributed by atoms with van der Waals surface area (Å²) >= 11 is 5.95. The standard InChI is InChI=1S/C24H29ClF2N4O5/c1-14(2)18-5-8-28-31(18)24(6-9-30(10-7-24)16-12-20(21(32)33)35-13-16)22(34)29-17-4-3-15(25)11-19(17)36-23(26)27/h3-5,8,11,14,16,20,23H,6-7,9-10,12-13H2,1-2H3,(H,29,34)(H,32,33)/t16-,20+/m0/s1. The Balaban J connectivity index is 1.61. The predicted octanol–water partition coefficient (Wildman–Crippen LogP) is 3.93. The summed E-state index contributed by atoms with van der Waals surface area (Å²) < 4.78 is 37.7. The van der Waals surface area contributed by atoms with Crippen molar-refractivity contribution >= 4 is 29.2 Å². The fourth-order valence-corrected chi connectivity index (χ4v) is 5.13. The van der Waals surface area contributed by atoms with E-state index in [9.17, 15) is 23.5 Å². The third-order valence-electron chi connectivity index (χ3n) is 6.89. The van der Waals surface area contributed by atoms with E-state index in [2.05, 4.69) is 20.1 Å². The fraction of sp³-hybridized carbons (Fsp3) is 0.542. The summed E-state index contributed by atoms with van der Waals surface area (Å²) in [6.45, 7) is 2.25. The molecule has 36 heavy (non-hydrogen) atoms. The van der Waals surface area contributed by atoms with Crippen molar-refractivity contribution < 1.29 is 33.0 Å². The number of hydrogen-bond donors (Lipinski definition) is 2. The van der Waals surface area contributed by atoms with E-state index in [0.29, 0.717) is 39.0 Å². The van der Waals surface area contributed by atoms with Crippen LogP contribution in [-0.2, 0) is 19.9 Å². The summed E-state index contributed by atoms with van der Waals surface area (Å²) in [5.41, 5.74) is -0.139. The van der Waals surface area contributed by atoms with Gasteiger partial charge in [0.2, 0.25) is 0 Å². The van der Waals surface area contributed by atoms with Crippen LogP contribution in [0.3, 0.4) is 0 Å². The van der Waals surface area contributed by atoms with Crippen LogP contribution in [0.15, 0.2) is 30.5 Å². The summed E-state index contributed by atoms with van der Waals surface area (Å²) in [5, 5.41) is 16.7. The highest BCUT2D eigenvalue weighted by Crippen LogP contribution is 2.38. The summed E-state index contributed by atoms with van der Waals surface area (Å²) in [5.74, 6) is -1.53. The molecule has 2 aromatic rings. The molecule has 0 radical (unpaired) electrons. The Hall–Kier alpha value is -2.76. The number of carboxylic acid groups (broad SMARTS) is 1. The van der Waals surface area contributed by atoms with Crippen LogP contribution in [0.25, 0.3) is 0 Å². The van der Waals surface area contributed by atoms with E-state index in [0.717, 1.165) is 5.69 Å². The van der Waals surface area contributed by atoms with Gasteiger partial charge in [-0.25, -0.2) is 4.79 Å². The molecule has 2 fully saturated rings. The monoisotopic (exact) mass is 526 g/mol. The third-order valence-corrected chi connectivity index (χ3v) is 7.13. The van der Waals surface area contributed by atoms with Crippen molar-refractivity contribution in [3.63, 3.8) is 0 Å². The number of carboxylic acids is 1. The highest BCUT2D eigenvalue weighted by atomic mass is 35.5. The quantitative estimate of drug-likeness (QED) is 0.537. The maximum atomic E-state index is 13.9. The normalized spacial score (nSPS) is 22.2. The number of halogens is 3. The van der Waals surface area contributed by atoms with Crippen molar-refractivity contribution in [3.05, 3.63) is 41.2 Å². The van der Waals surface area contributed by atoms with E-state index in [1.54, 1.807) is 10.9 Å². The van der Waals surface area contributed by atoms with Gasteiger partial charge in [0, 0.05) is 48.5 Å². The predicted molar refractivity (Wildman–Crippen MR) is 128 cm³/mol. The van der Waals surface area contributed by atoms with Crippen LogP contribution in [0, 0.1) is 0 Å². The van der Waals surface area contributed by atoms with Crippen molar-refractivity contribution in [2.45, 2.75) is 63.3 Å². The van der Waals surface area contributed by atoms with Crippen LogP contribution in [0.2, 0.25) is 5.02 Å². The van der Waals surface area contributed by atoms with Gasteiger partial charge in [0.15, 0.2) is 11.9 Å². The molecule has 2 aliphatic rings. The Morgan fingerprint density at radius 1 is 1.28 bits per heavy atom. The number of amides is 1. The second kappa shape index (κ2) is 10.7. The number of nitrogens with one attached hydrogen (secondary N) is 1. The van der Waals surface area contributed by atoms with Gasteiger partial charge >= 0.3 is 12.6 Å². The molecule has 4 rings (SSSR count). The zero-order valence-electron chi connectivity index (χ0n) is 20.0. The molecule has 2 saturated heterocycles. The van der Waals surface area contributed by atoms with E-state index >= 15 is 0 Å². The molecule has 0 aliphatic carbocycles. The summed E-state index contributed by atoms with van der Waals surface area (Å²) in [6, 6.07) is 5.94. The van der Waals surface area contributed by atoms with Gasteiger partial charge in [-0.2, -0.15) is 13.9 Å². The summed E-state index contributed by atoms with van der Waals surface area (Å²) in [7, 11) is 0. The number of ether oxygens (including phenoxy) is 2. The van der Waals surface area contributed by atoms with Crippen LogP contribution in [0.1, 0.15) is 44.7 Å². The van der Waals surface area contributed by atoms with E-state index < -0.39 is 30.1 Å². The molecule has 0 bridgehead atoms. The molecule has 0 saturated carbocycles. The molecule has 1 aromatic carbocycles. The zero-order chi connectivity index (χ0) is 26.0. The van der Waals surface area contributed by atoms with Crippen molar-refractivity contribution in [2.24, 2.45) is 0 Å². The average Bonchev–Trinajstić information content (AvgIpc) is 3.51. The van der Waals surface area contributed by atoms with Gasteiger partial charge in [-0.3, -0.25) is 14.4 Å². The second-order valence-corrected chi connectivity index (χ2v) is 9.85. The maximum Gasteiger partial charge on any atom is 0.387 e. The van der Waals surface area contributed by atoms with Crippen LogP contribution in [0.4, 0.5) is 14.5 Å². The number of aromatic nitrogens is 2. The van der Waals surface area contributed by atoms with Gasteiger partial charge in [0.05, 0.1) is 12.3 Å². The van der Waals surface area contributed by atoms with Crippen molar-refractivity contribution in [1.82, 2.24) is 14.7 Å². The number of rotatable bonds is 8. The van der Waals surface area contributed by atoms with E-state index in [4.69, 9.17) is 16.3 Å². The van der Waals surface area contributed by atoms with Crippen LogP contribution in [-0.4, -0.2) is 70.1 Å². The number of alkyl halides is 2. The van der Waals surface area contributed by atoms with Gasteiger partial charge in [0.1, 0.15) is 5.54 Å². The molecule has 196 valence electrons. The lowest BCUT2D eigenvalue weighted by molar-refractivity contribution is -0.147. The molecule has 2 aliphatic heterocycles. The lowest BCUT2D eigenvalue weighted by Gasteiger charge is -2.43. The molecule has 2 atom stereocenters. The van der Waals surface area contributed by atoms with Crippen molar-refractivity contribution in [1.29, 1.82) is 0 Å². The van der Waals surface area contributed by atoms with E-state index in [-0.39, 0.29) is 28.4 Å². The Morgan fingerprint density at radius 2 is 2.00 bits per heavy atom. The first kappa shape index (κ1) is 26.3. The molecule has 12 heteroatoms. The molecular weight excluding hydrogens is 498 g/mol. The molecule has 1 aromatic heterocycles. The van der Waals surface area contributed by atoms with Gasteiger partial charge in [-0.05, 0) is 37.0 Å². The smallest absolute Gasteiger partial charge is 0.387 e. The Morgan fingerprint density at radius 3 is 2.61 bits per heavy atom. The molecule has 1 amide bonds. The SMILES string of the molecule is CC(C)c1ccnn1C1(C(=O)Nc2ccc(Cl)cc2OC(F)F)CCN([C@@H]2CO[C@@H](C(=O)O)C2)CC1. The maximum absolute atomic E-state index is 13.9. The van der Waals surface area contributed by atoms with E-state index in [1.807, 2.05) is 19.9 Å². The Kier molecular flexibility index (Phi) is 7.82. The summed E-state index contributed by atoms with van der Waals surface area (Å²) in [4.78, 5) is 27.3. The summed E-state index contributed by atoms with van der Waals surface area (Å²) in [6.07, 6.45) is 1.96. The van der Waals surface area contributed by atoms with Gasteiger partial charge in [-0.15, -0.1) is 0 Å². The number of likely N-dealkylation sites (tertiary alicyclic amines) is 1. The van der Waals surface area contributed by atoms with Crippen molar-refractivity contribution in [2.75, 3.05) is 25.0 Å².